The fourth-order valence-electron chi connectivity index (χ4n) is 2.15. The molecule has 2 heterocycles. The van der Waals surface area contributed by atoms with Gasteiger partial charge < -0.3 is 24.3 Å². The van der Waals surface area contributed by atoms with E-state index in [-0.39, 0.29) is 12.9 Å². The highest BCUT2D eigenvalue weighted by Crippen LogP contribution is 2.39. The van der Waals surface area contributed by atoms with Gasteiger partial charge in [-0.25, -0.2) is 0 Å². The van der Waals surface area contributed by atoms with Gasteiger partial charge in [0.2, 0.25) is 6.79 Å². The summed E-state index contributed by atoms with van der Waals surface area (Å²) in [6, 6.07) is 4.04. The minimum Gasteiger partial charge on any atom is -0.454 e. The Morgan fingerprint density at radius 2 is 2.21 bits per heavy atom. The first-order valence-electron chi connectivity index (χ1n) is 6.31. The first-order valence-corrected chi connectivity index (χ1v) is 7.10. The van der Waals surface area contributed by atoms with Crippen LogP contribution in [0.15, 0.2) is 16.6 Å². The molecule has 3 rings (SSSR count). The molecule has 19 heavy (non-hydrogen) atoms. The molecular formula is C13H16BrNO4. The molecule has 0 radical (unpaired) electrons. The maximum Gasteiger partial charge on any atom is 0.231 e. The van der Waals surface area contributed by atoms with E-state index in [1.165, 1.54) is 0 Å². The van der Waals surface area contributed by atoms with Gasteiger partial charge in [0.1, 0.15) is 0 Å². The van der Waals surface area contributed by atoms with Gasteiger partial charge in [0.05, 0.1) is 30.4 Å². The molecule has 0 aromatic heterocycles. The average Bonchev–Trinajstić information content (AvgIpc) is 2.89. The fourth-order valence-corrected chi connectivity index (χ4v) is 2.76. The predicted molar refractivity (Wildman–Crippen MR) is 72.5 cm³/mol. The zero-order valence-electron chi connectivity index (χ0n) is 10.5. The van der Waals surface area contributed by atoms with E-state index in [0.717, 1.165) is 34.6 Å². The maximum absolute atomic E-state index is 5.57. The Morgan fingerprint density at radius 3 is 3.05 bits per heavy atom. The summed E-state index contributed by atoms with van der Waals surface area (Å²) in [5.41, 5.74) is 1.15. The SMILES string of the molecule is Brc1cc(CNCC2COCCO2)cc2c1OCO2. The van der Waals surface area contributed by atoms with Crippen molar-refractivity contribution in [3.8, 4) is 11.5 Å². The third-order valence-corrected chi connectivity index (χ3v) is 3.66. The third kappa shape index (κ3) is 3.20. The molecule has 5 nitrogen and oxygen atoms in total. The zero-order chi connectivity index (χ0) is 13.1. The molecule has 1 saturated heterocycles. The van der Waals surface area contributed by atoms with Gasteiger partial charge in [-0.1, -0.05) is 0 Å². The summed E-state index contributed by atoms with van der Waals surface area (Å²) in [6.45, 7) is 3.88. The number of fused-ring (bicyclic) bond motifs is 1. The first kappa shape index (κ1) is 13.2. The van der Waals surface area contributed by atoms with Crippen LogP contribution >= 0.6 is 15.9 Å². The Hall–Kier alpha value is -0.820. The molecule has 1 atom stereocenters. The molecule has 1 aromatic rings. The molecule has 1 fully saturated rings. The van der Waals surface area contributed by atoms with E-state index in [9.17, 15) is 0 Å². The van der Waals surface area contributed by atoms with Crippen LogP contribution in [0.5, 0.6) is 11.5 Å². The van der Waals surface area contributed by atoms with Crippen LogP contribution in [0.2, 0.25) is 0 Å². The third-order valence-electron chi connectivity index (χ3n) is 3.07. The van der Waals surface area contributed by atoms with Crippen molar-refractivity contribution in [2.75, 3.05) is 33.2 Å². The van der Waals surface area contributed by atoms with Crippen LogP contribution in [0.1, 0.15) is 5.56 Å². The summed E-state index contributed by atoms with van der Waals surface area (Å²) >= 11 is 3.49. The highest BCUT2D eigenvalue weighted by atomic mass is 79.9. The van der Waals surface area contributed by atoms with Crippen LogP contribution in [-0.2, 0) is 16.0 Å². The number of hydrogen-bond acceptors (Lipinski definition) is 5. The Labute approximate surface area is 120 Å². The molecule has 0 saturated carbocycles. The number of hydrogen-bond donors (Lipinski definition) is 1. The molecule has 0 bridgehead atoms. The lowest BCUT2D eigenvalue weighted by molar-refractivity contribution is -0.0864. The van der Waals surface area contributed by atoms with Crippen molar-refractivity contribution in [1.82, 2.24) is 5.32 Å². The fraction of sp³-hybridized carbons (Fsp3) is 0.538. The summed E-state index contributed by atoms with van der Waals surface area (Å²) in [5, 5.41) is 3.37. The van der Waals surface area contributed by atoms with E-state index in [1.54, 1.807) is 0 Å². The lowest BCUT2D eigenvalue weighted by atomic mass is 10.2. The molecule has 6 heteroatoms. The van der Waals surface area contributed by atoms with Crippen molar-refractivity contribution >= 4 is 15.9 Å². The highest BCUT2D eigenvalue weighted by Gasteiger charge is 2.18. The quantitative estimate of drug-likeness (QED) is 0.910. The summed E-state index contributed by atoms with van der Waals surface area (Å²) in [5.74, 6) is 1.58. The first-order chi connectivity index (χ1) is 9.33. The van der Waals surface area contributed by atoms with Crippen LogP contribution in [0.25, 0.3) is 0 Å². The van der Waals surface area contributed by atoms with Crippen molar-refractivity contribution in [1.29, 1.82) is 0 Å². The number of rotatable bonds is 4. The average molecular weight is 330 g/mol. The second-order valence-corrected chi connectivity index (χ2v) is 5.36. The number of halogens is 1. The Kier molecular flexibility index (Phi) is 4.22. The van der Waals surface area contributed by atoms with Crippen molar-refractivity contribution in [2.24, 2.45) is 0 Å². The smallest absolute Gasteiger partial charge is 0.231 e. The van der Waals surface area contributed by atoms with Crippen LogP contribution in [-0.4, -0.2) is 39.3 Å². The monoisotopic (exact) mass is 329 g/mol. The molecule has 2 aliphatic rings. The van der Waals surface area contributed by atoms with E-state index in [4.69, 9.17) is 18.9 Å². The van der Waals surface area contributed by atoms with Gasteiger partial charge in [0, 0.05) is 13.1 Å². The van der Waals surface area contributed by atoms with E-state index >= 15 is 0 Å². The molecular weight excluding hydrogens is 314 g/mol. The molecule has 0 amide bonds. The number of ether oxygens (including phenoxy) is 4. The topological polar surface area (TPSA) is 49.0 Å². The maximum atomic E-state index is 5.57. The van der Waals surface area contributed by atoms with Gasteiger partial charge in [-0.15, -0.1) is 0 Å². The van der Waals surface area contributed by atoms with E-state index in [2.05, 4.69) is 21.2 Å². The standard InChI is InChI=1S/C13H16BrNO4/c14-11-3-9(4-12-13(11)19-8-18-12)5-15-6-10-7-16-1-2-17-10/h3-4,10,15H,1-2,5-8H2. The molecule has 2 aliphatic heterocycles. The summed E-state index contributed by atoms with van der Waals surface area (Å²) in [7, 11) is 0. The number of benzene rings is 1. The minimum atomic E-state index is 0.145. The second-order valence-electron chi connectivity index (χ2n) is 4.51. The van der Waals surface area contributed by atoms with Crippen LogP contribution in [0, 0.1) is 0 Å². The highest BCUT2D eigenvalue weighted by molar-refractivity contribution is 9.10. The predicted octanol–water partition coefficient (Wildman–Crippen LogP) is 1.68. The van der Waals surface area contributed by atoms with Crippen molar-refractivity contribution < 1.29 is 18.9 Å². The molecule has 0 aliphatic carbocycles. The Morgan fingerprint density at radius 1 is 1.26 bits per heavy atom. The summed E-state index contributed by atoms with van der Waals surface area (Å²) in [4.78, 5) is 0. The zero-order valence-corrected chi connectivity index (χ0v) is 12.1. The normalized spacial score (nSPS) is 21.6. The van der Waals surface area contributed by atoms with E-state index < -0.39 is 0 Å². The lowest BCUT2D eigenvalue weighted by Crippen LogP contribution is -2.37. The van der Waals surface area contributed by atoms with Gasteiger partial charge >= 0.3 is 0 Å². The van der Waals surface area contributed by atoms with Gasteiger partial charge in [-0.2, -0.15) is 0 Å². The molecule has 1 N–H and O–H groups in total. The minimum absolute atomic E-state index is 0.145. The largest absolute Gasteiger partial charge is 0.454 e. The van der Waals surface area contributed by atoms with Crippen LogP contribution in [0.4, 0.5) is 0 Å². The van der Waals surface area contributed by atoms with Crippen molar-refractivity contribution in [2.45, 2.75) is 12.6 Å². The Balaban J connectivity index is 1.54. The summed E-state index contributed by atoms with van der Waals surface area (Å²) in [6.07, 6.45) is 0.145. The second kappa shape index (κ2) is 6.09. The van der Waals surface area contributed by atoms with E-state index in [1.807, 2.05) is 12.1 Å². The lowest BCUT2D eigenvalue weighted by Gasteiger charge is -2.23. The van der Waals surface area contributed by atoms with Gasteiger partial charge in [0.15, 0.2) is 11.5 Å². The molecule has 1 aromatic carbocycles. The summed E-state index contributed by atoms with van der Waals surface area (Å²) < 4.78 is 22.6. The van der Waals surface area contributed by atoms with Crippen LogP contribution in [0.3, 0.4) is 0 Å². The molecule has 0 spiro atoms. The van der Waals surface area contributed by atoms with Crippen LogP contribution < -0.4 is 14.8 Å². The number of nitrogens with one attached hydrogen (secondary N) is 1. The van der Waals surface area contributed by atoms with Gasteiger partial charge in [0.25, 0.3) is 0 Å². The van der Waals surface area contributed by atoms with Crippen molar-refractivity contribution in [3.05, 3.63) is 22.2 Å². The molecule has 104 valence electrons. The molecule has 1 unspecified atom stereocenters. The van der Waals surface area contributed by atoms with Gasteiger partial charge in [-0.05, 0) is 33.6 Å². The van der Waals surface area contributed by atoms with Crippen molar-refractivity contribution in [3.63, 3.8) is 0 Å². The van der Waals surface area contributed by atoms with E-state index in [0.29, 0.717) is 19.8 Å². The van der Waals surface area contributed by atoms with Gasteiger partial charge in [-0.3, -0.25) is 0 Å². The Bertz CT molecular complexity index is 449.